The average molecular weight is 274 g/mol. The van der Waals surface area contributed by atoms with Crippen molar-refractivity contribution in [2.24, 2.45) is 0 Å². The van der Waals surface area contributed by atoms with E-state index in [4.69, 9.17) is 10.5 Å². The van der Waals surface area contributed by atoms with E-state index in [-0.39, 0.29) is 16.8 Å². The Morgan fingerprint density at radius 2 is 2.33 bits per heavy atom. The summed E-state index contributed by atoms with van der Waals surface area (Å²) in [6.45, 7) is 5.41. The SMILES string of the molecule is CCn1cc(S(=O)(=O)N2CCOC(C)C2)c(N)n1. The molecule has 0 aromatic carbocycles. The van der Waals surface area contributed by atoms with Crippen LogP contribution in [0.4, 0.5) is 5.82 Å². The van der Waals surface area contributed by atoms with Crippen molar-refractivity contribution in [2.75, 3.05) is 25.4 Å². The zero-order valence-electron chi connectivity index (χ0n) is 10.5. The molecule has 18 heavy (non-hydrogen) atoms. The first kappa shape index (κ1) is 13.3. The molecular weight excluding hydrogens is 256 g/mol. The van der Waals surface area contributed by atoms with Crippen LogP contribution in [-0.2, 0) is 21.3 Å². The standard InChI is InChI=1S/C10H18N4O3S/c1-3-13-7-9(10(11)12-13)18(15,16)14-4-5-17-8(2)6-14/h7-8H,3-6H2,1-2H3,(H2,11,12). The molecule has 1 fully saturated rings. The maximum Gasteiger partial charge on any atom is 0.248 e. The molecule has 1 aromatic heterocycles. The number of nitrogens with zero attached hydrogens (tertiary/aromatic N) is 3. The number of hydrogen-bond donors (Lipinski definition) is 1. The minimum atomic E-state index is -3.57. The number of nitrogens with two attached hydrogens (primary N) is 1. The Morgan fingerprint density at radius 1 is 1.61 bits per heavy atom. The summed E-state index contributed by atoms with van der Waals surface area (Å²) in [7, 11) is -3.57. The van der Waals surface area contributed by atoms with Gasteiger partial charge in [-0.05, 0) is 13.8 Å². The summed E-state index contributed by atoms with van der Waals surface area (Å²) in [5.41, 5.74) is 5.68. The number of morpholine rings is 1. The van der Waals surface area contributed by atoms with Gasteiger partial charge in [-0.15, -0.1) is 0 Å². The van der Waals surface area contributed by atoms with Gasteiger partial charge in [0.15, 0.2) is 5.82 Å². The molecule has 0 bridgehead atoms. The lowest BCUT2D eigenvalue weighted by Gasteiger charge is -2.29. The van der Waals surface area contributed by atoms with Gasteiger partial charge in [0.25, 0.3) is 0 Å². The van der Waals surface area contributed by atoms with Gasteiger partial charge in [-0.1, -0.05) is 0 Å². The molecule has 2 rings (SSSR count). The molecule has 7 nitrogen and oxygen atoms in total. The van der Waals surface area contributed by atoms with Crippen LogP contribution in [0.15, 0.2) is 11.1 Å². The quantitative estimate of drug-likeness (QED) is 0.831. The van der Waals surface area contributed by atoms with E-state index in [1.165, 1.54) is 15.2 Å². The fourth-order valence-electron chi connectivity index (χ4n) is 1.92. The Hall–Kier alpha value is -1.12. The van der Waals surface area contributed by atoms with E-state index < -0.39 is 10.0 Å². The van der Waals surface area contributed by atoms with Gasteiger partial charge in [0.05, 0.1) is 12.7 Å². The van der Waals surface area contributed by atoms with E-state index in [1.807, 2.05) is 13.8 Å². The zero-order valence-corrected chi connectivity index (χ0v) is 11.4. The van der Waals surface area contributed by atoms with Gasteiger partial charge in [-0.2, -0.15) is 9.40 Å². The Kier molecular flexibility index (Phi) is 3.60. The second-order valence-electron chi connectivity index (χ2n) is 4.28. The number of ether oxygens (including phenoxy) is 1. The maximum absolute atomic E-state index is 12.4. The number of aryl methyl sites for hydroxylation is 1. The van der Waals surface area contributed by atoms with Crippen LogP contribution in [0.2, 0.25) is 0 Å². The maximum atomic E-state index is 12.4. The summed E-state index contributed by atoms with van der Waals surface area (Å²) < 4.78 is 33.1. The first-order valence-electron chi connectivity index (χ1n) is 5.89. The van der Waals surface area contributed by atoms with Crippen LogP contribution in [0, 0.1) is 0 Å². The summed E-state index contributed by atoms with van der Waals surface area (Å²) in [6.07, 6.45) is 1.38. The third kappa shape index (κ3) is 2.36. The van der Waals surface area contributed by atoms with Crippen molar-refractivity contribution < 1.29 is 13.2 Å². The molecule has 1 unspecified atom stereocenters. The van der Waals surface area contributed by atoms with Crippen LogP contribution in [0.5, 0.6) is 0 Å². The van der Waals surface area contributed by atoms with Gasteiger partial charge in [0.1, 0.15) is 4.90 Å². The molecule has 1 atom stereocenters. The lowest BCUT2D eigenvalue weighted by atomic mass is 10.3. The normalized spacial score (nSPS) is 22.2. The predicted molar refractivity (Wildman–Crippen MR) is 66.5 cm³/mol. The first-order chi connectivity index (χ1) is 8.45. The van der Waals surface area contributed by atoms with Crippen LogP contribution in [0.25, 0.3) is 0 Å². The molecule has 2 N–H and O–H groups in total. The van der Waals surface area contributed by atoms with Gasteiger partial charge in [0, 0.05) is 25.8 Å². The minimum absolute atomic E-state index is 0.0518. The number of anilines is 1. The van der Waals surface area contributed by atoms with Crippen molar-refractivity contribution in [3.8, 4) is 0 Å². The molecule has 0 radical (unpaired) electrons. The predicted octanol–water partition coefficient (Wildman–Crippen LogP) is -0.105. The van der Waals surface area contributed by atoms with Crippen LogP contribution < -0.4 is 5.73 Å². The highest BCUT2D eigenvalue weighted by atomic mass is 32.2. The van der Waals surface area contributed by atoms with Gasteiger partial charge < -0.3 is 10.5 Å². The largest absolute Gasteiger partial charge is 0.381 e. The first-order valence-corrected chi connectivity index (χ1v) is 7.34. The molecule has 1 aliphatic heterocycles. The van der Waals surface area contributed by atoms with Crippen molar-refractivity contribution in [3.63, 3.8) is 0 Å². The topological polar surface area (TPSA) is 90.5 Å². The fourth-order valence-corrected chi connectivity index (χ4v) is 3.48. The second-order valence-corrected chi connectivity index (χ2v) is 6.19. The van der Waals surface area contributed by atoms with Crippen molar-refractivity contribution in [2.45, 2.75) is 31.4 Å². The highest BCUT2D eigenvalue weighted by Crippen LogP contribution is 2.22. The molecule has 102 valence electrons. The van der Waals surface area contributed by atoms with Gasteiger partial charge in [-0.25, -0.2) is 8.42 Å². The highest BCUT2D eigenvalue weighted by Gasteiger charge is 2.32. The minimum Gasteiger partial charge on any atom is -0.381 e. The molecule has 1 saturated heterocycles. The summed E-state index contributed by atoms with van der Waals surface area (Å²) in [6, 6.07) is 0. The van der Waals surface area contributed by atoms with Crippen molar-refractivity contribution in [3.05, 3.63) is 6.20 Å². The number of sulfonamides is 1. The van der Waals surface area contributed by atoms with Crippen molar-refractivity contribution in [1.82, 2.24) is 14.1 Å². The summed E-state index contributed by atoms with van der Waals surface area (Å²) >= 11 is 0. The Balaban J connectivity index is 2.32. The van der Waals surface area contributed by atoms with E-state index >= 15 is 0 Å². The van der Waals surface area contributed by atoms with Gasteiger partial charge >= 0.3 is 0 Å². The zero-order chi connectivity index (χ0) is 13.3. The molecule has 8 heteroatoms. The fraction of sp³-hybridized carbons (Fsp3) is 0.700. The number of rotatable bonds is 3. The molecular formula is C10H18N4O3S. The van der Waals surface area contributed by atoms with E-state index in [0.717, 1.165) is 0 Å². The average Bonchev–Trinajstić information content (AvgIpc) is 2.71. The summed E-state index contributed by atoms with van der Waals surface area (Å²) in [5.74, 6) is 0.0518. The van der Waals surface area contributed by atoms with Crippen LogP contribution in [0.1, 0.15) is 13.8 Å². The second kappa shape index (κ2) is 4.87. The van der Waals surface area contributed by atoms with E-state index in [2.05, 4.69) is 5.10 Å². The number of nitrogen functional groups attached to an aromatic ring is 1. The van der Waals surface area contributed by atoms with Crippen molar-refractivity contribution in [1.29, 1.82) is 0 Å². The van der Waals surface area contributed by atoms with Gasteiger partial charge in [-0.3, -0.25) is 4.68 Å². The number of hydrogen-bond acceptors (Lipinski definition) is 5. The Labute approximate surface area is 107 Å². The molecule has 0 aliphatic carbocycles. The third-order valence-electron chi connectivity index (χ3n) is 2.90. The number of aromatic nitrogens is 2. The van der Waals surface area contributed by atoms with Crippen molar-refractivity contribution >= 4 is 15.8 Å². The Morgan fingerprint density at radius 3 is 2.89 bits per heavy atom. The molecule has 1 aromatic rings. The van der Waals surface area contributed by atoms with Crippen LogP contribution >= 0.6 is 0 Å². The van der Waals surface area contributed by atoms with Crippen LogP contribution in [-0.4, -0.2) is 48.3 Å². The van der Waals surface area contributed by atoms with Crippen LogP contribution in [0.3, 0.4) is 0 Å². The lowest BCUT2D eigenvalue weighted by Crippen LogP contribution is -2.44. The Bertz CT molecular complexity index is 525. The molecule has 2 heterocycles. The third-order valence-corrected chi connectivity index (χ3v) is 4.78. The van der Waals surface area contributed by atoms with E-state index in [0.29, 0.717) is 26.2 Å². The lowest BCUT2D eigenvalue weighted by molar-refractivity contribution is 0.0102. The molecule has 1 aliphatic rings. The van der Waals surface area contributed by atoms with Gasteiger partial charge in [0.2, 0.25) is 10.0 Å². The summed E-state index contributed by atoms with van der Waals surface area (Å²) in [4.78, 5) is 0.0819. The highest BCUT2D eigenvalue weighted by molar-refractivity contribution is 7.89. The molecule has 0 saturated carbocycles. The molecule has 0 amide bonds. The summed E-state index contributed by atoms with van der Waals surface area (Å²) in [5, 5.41) is 3.97. The van der Waals surface area contributed by atoms with E-state index in [1.54, 1.807) is 0 Å². The molecule has 0 spiro atoms. The smallest absolute Gasteiger partial charge is 0.248 e. The monoisotopic (exact) mass is 274 g/mol. The van der Waals surface area contributed by atoms with E-state index in [9.17, 15) is 8.42 Å².